The molecule has 0 aliphatic rings. The van der Waals surface area contributed by atoms with E-state index >= 15 is 0 Å². The number of Topliss-reactive ketones (excluding diaryl/α,β-unsaturated/α-hetero) is 1. The summed E-state index contributed by atoms with van der Waals surface area (Å²) >= 11 is 0. The molecule has 1 amide bonds. The Bertz CT molecular complexity index is 1320. The van der Waals surface area contributed by atoms with Gasteiger partial charge < -0.3 is 19.6 Å². The molecule has 0 fully saturated rings. The maximum atomic E-state index is 13.1. The minimum absolute atomic E-state index is 0.0488. The Kier molecular flexibility index (Phi) is 7.86. The van der Waals surface area contributed by atoms with Gasteiger partial charge in [-0.25, -0.2) is 4.79 Å². The second kappa shape index (κ2) is 10.4. The van der Waals surface area contributed by atoms with Crippen molar-refractivity contribution in [3.63, 3.8) is 0 Å². The maximum absolute atomic E-state index is 13.1. The first-order valence-electron chi connectivity index (χ1n) is 12.5. The lowest BCUT2D eigenvalue weighted by Gasteiger charge is -2.26. The first-order chi connectivity index (χ1) is 17.2. The first kappa shape index (κ1) is 28.0. The van der Waals surface area contributed by atoms with Crippen LogP contribution in [0.15, 0.2) is 36.5 Å². The zero-order chi connectivity index (χ0) is 27.7. The summed E-state index contributed by atoms with van der Waals surface area (Å²) in [7, 11) is 1.27. The molecule has 2 aromatic heterocycles. The number of hydrogen-bond donors (Lipinski definition) is 1. The highest BCUT2D eigenvalue weighted by molar-refractivity contribution is 6.44. The predicted molar refractivity (Wildman–Crippen MR) is 144 cm³/mol. The lowest BCUT2D eigenvalue weighted by molar-refractivity contribution is -0.142. The van der Waals surface area contributed by atoms with Crippen molar-refractivity contribution in [2.75, 3.05) is 13.7 Å². The largest absolute Gasteiger partial charge is 0.480 e. The number of pyridine rings is 1. The Hall–Kier alpha value is -3.61. The van der Waals surface area contributed by atoms with E-state index in [0.29, 0.717) is 24.1 Å². The van der Waals surface area contributed by atoms with Crippen LogP contribution in [0.25, 0.3) is 5.52 Å². The summed E-state index contributed by atoms with van der Waals surface area (Å²) in [6.45, 7) is 14.8. The summed E-state index contributed by atoms with van der Waals surface area (Å²) in [5.74, 6) is -2.08. The van der Waals surface area contributed by atoms with Crippen LogP contribution in [0.1, 0.15) is 86.8 Å². The Morgan fingerprint density at radius 2 is 1.57 bits per heavy atom. The molecule has 0 atom stereocenters. The summed E-state index contributed by atoms with van der Waals surface area (Å²) in [5, 5.41) is 0. The van der Waals surface area contributed by atoms with Crippen LogP contribution in [0.3, 0.4) is 0 Å². The van der Waals surface area contributed by atoms with Crippen LogP contribution in [0, 0.1) is 0 Å². The summed E-state index contributed by atoms with van der Waals surface area (Å²) in [5.41, 5.74) is 11.2. The topological polar surface area (TPSA) is 100 Å². The van der Waals surface area contributed by atoms with Crippen molar-refractivity contribution in [3.05, 3.63) is 70.0 Å². The van der Waals surface area contributed by atoms with Gasteiger partial charge in [-0.1, -0.05) is 66.7 Å². The van der Waals surface area contributed by atoms with Gasteiger partial charge in [0.2, 0.25) is 0 Å². The number of nitrogens with two attached hydrogens (primary N) is 1. The van der Waals surface area contributed by atoms with E-state index in [9.17, 15) is 14.4 Å². The lowest BCUT2D eigenvalue weighted by Crippen LogP contribution is -2.24. The molecule has 3 rings (SSSR count). The van der Waals surface area contributed by atoms with Crippen molar-refractivity contribution in [1.29, 1.82) is 0 Å². The van der Waals surface area contributed by atoms with E-state index in [1.54, 1.807) is 12.1 Å². The van der Waals surface area contributed by atoms with Gasteiger partial charge in [-0.15, -0.1) is 0 Å². The zero-order valence-electron chi connectivity index (χ0n) is 23.2. The van der Waals surface area contributed by atoms with Crippen molar-refractivity contribution in [2.24, 2.45) is 5.73 Å². The summed E-state index contributed by atoms with van der Waals surface area (Å²) < 4.78 is 12.3. The van der Waals surface area contributed by atoms with Crippen molar-refractivity contribution in [2.45, 2.75) is 72.1 Å². The summed E-state index contributed by atoms with van der Waals surface area (Å²) in [6.07, 6.45) is 2.88. The number of nitrogens with zero attached hydrogens (tertiary/aromatic N) is 1. The molecule has 0 aliphatic heterocycles. The van der Waals surface area contributed by atoms with Crippen LogP contribution in [-0.2, 0) is 38.0 Å². The number of methoxy groups -OCH3 is 1. The van der Waals surface area contributed by atoms with Gasteiger partial charge in [0.15, 0.2) is 6.61 Å². The van der Waals surface area contributed by atoms with Gasteiger partial charge in [0.05, 0.1) is 18.2 Å². The maximum Gasteiger partial charge on any atom is 0.343 e. The van der Waals surface area contributed by atoms with Crippen LogP contribution in [-0.4, -0.2) is 35.8 Å². The van der Waals surface area contributed by atoms with Crippen molar-refractivity contribution in [3.8, 4) is 5.75 Å². The van der Waals surface area contributed by atoms with Crippen molar-refractivity contribution in [1.82, 2.24) is 4.40 Å². The molecule has 0 spiro atoms. The molecular weight excluding hydrogens is 468 g/mol. The third kappa shape index (κ3) is 5.87. The average molecular weight is 507 g/mol. The van der Waals surface area contributed by atoms with E-state index in [1.807, 2.05) is 17.5 Å². The third-order valence-corrected chi connectivity index (χ3v) is 6.61. The quantitative estimate of drug-likeness (QED) is 0.266. The van der Waals surface area contributed by atoms with E-state index < -0.39 is 17.7 Å². The number of primary amides is 1. The molecule has 2 heterocycles. The van der Waals surface area contributed by atoms with Gasteiger partial charge in [0.1, 0.15) is 5.75 Å². The fourth-order valence-electron chi connectivity index (χ4n) is 4.50. The molecule has 7 nitrogen and oxygen atoms in total. The fraction of sp³-hybridized carbons (Fsp3) is 0.433. The second-order valence-electron chi connectivity index (χ2n) is 11.4. The molecule has 1 aromatic carbocycles. The van der Waals surface area contributed by atoms with Crippen LogP contribution in [0.4, 0.5) is 0 Å². The second-order valence-corrected chi connectivity index (χ2v) is 11.4. The third-order valence-electron chi connectivity index (χ3n) is 6.61. The highest BCUT2D eigenvalue weighted by Gasteiger charge is 2.28. The molecule has 0 aliphatic carbocycles. The number of hydrogen-bond acceptors (Lipinski definition) is 5. The number of fused-ring (bicyclic) bond motifs is 1. The minimum Gasteiger partial charge on any atom is -0.480 e. The number of rotatable bonds is 8. The van der Waals surface area contributed by atoms with E-state index in [0.717, 1.165) is 16.8 Å². The monoisotopic (exact) mass is 506 g/mol. The van der Waals surface area contributed by atoms with Crippen molar-refractivity contribution >= 4 is 23.2 Å². The number of ether oxygens (including phenoxy) is 2. The van der Waals surface area contributed by atoms with Crippen LogP contribution < -0.4 is 10.5 Å². The van der Waals surface area contributed by atoms with E-state index in [2.05, 4.69) is 59.7 Å². The Morgan fingerprint density at radius 3 is 2.05 bits per heavy atom. The number of carbonyl (C=O) groups is 3. The molecule has 0 unspecified atom stereocenters. The number of benzene rings is 1. The van der Waals surface area contributed by atoms with Gasteiger partial charge in [-0.05, 0) is 51.6 Å². The van der Waals surface area contributed by atoms with Gasteiger partial charge in [0.25, 0.3) is 11.7 Å². The van der Waals surface area contributed by atoms with Crippen LogP contribution >= 0.6 is 0 Å². The van der Waals surface area contributed by atoms with E-state index in [4.69, 9.17) is 15.2 Å². The number of esters is 1. The van der Waals surface area contributed by atoms with Crippen LogP contribution in [0.5, 0.6) is 5.75 Å². The minimum atomic E-state index is -1.04. The molecule has 0 bridgehead atoms. The highest BCUT2D eigenvalue weighted by Crippen LogP contribution is 2.35. The van der Waals surface area contributed by atoms with Gasteiger partial charge in [-0.3, -0.25) is 9.59 Å². The summed E-state index contributed by atoms with van der Waals surface area (Å²) in [6, 6.07) is 10.1. The average Bonchev–Trinajstić information content (AvgIpc) is 3.14. The number of amides is 1. The highest BCUT2D eigenvalue weighted by atomic mass is 16.6. The molecule has 3 aromatic rings. The van der Waals surface area contributed by atoms with E-state index in [-0.39, 0.29) is 23.0 Å². The number of ketones is 1. The first-order valence-corrected chi connectivity index (χ1v) is 12.5. The zero-order valence-corrected chi connectivity index (χ0v) is 23.2. The SMILES string of the molecule is CCc1c(C(=O)C(N)=O)c2c(OCC(=O)OC)cccn2c1Cc1cc(C(C)(C)C)cc(C(C)(C)C)c1. The molecule has 0 saturated carbocycles. The normalized spacial score (nSPS) is 12.0. The van der Waals surface area contributed by atoms with Crippen molar-refractivity contribution < 1.29 is 23.9 Å². The van der Waals surface area contributed by atoms with Crippen LogP contribution in [0.2, 0.25) is 0 Å². The molecular formula is C30H38N2O5. The van der Waals surface area contributed by atoms with Gasteiger partial charge >= 0.3 is 5.97 Å². The molecule has 0 saturated heterocycles. The smallest absolute Gasteiger partial charge is 0.343 e. The summed E-state index contributed by atoms with van der Waals surface area (Å²) in [4.78, 5) is 36.9. The molecule has 7 heteroatoms. The Morgan fingerprint density at radius 1 is 0.973 bits per heavy atom. The standard InChI is InChI=1S/C30H38N2O5/c1-9-21-22(15-18-13-19(29(2,3)4)16-20(14-18)30(5,6)7)32-12-10-11-23(37-17-24(33)36-8)26(32)25(21)27(34)28(31)35/h10-14,16H,9,15,17H2,1-8H3,(H2,31,35). The molecule has 2 N–H and O–H groups in total. The lowest BCUT2D eigenvalue weighted by atomic mass is 9.79. The fourth-order valence-corrected chi connectivity index (χ4v) is 4.50. The predicted octanol–water partition coefficient (Wildman–Crippen LogP) is 4.91. The van der Waals surface area contributed by atoms with Gasteiger partial charge in [0, 0.05) is 18.3 Å². The van der Waals surface area contributed by atoms with Gasteiger partial charge in [-0.2, -0.15) is 0 Å². The molecule has 37 heavy (non-hydrogen) atoms. The number of aromatic nitrogens is 1. The molecule has 0 radical (unpaired) electrons. The van der Waals surface area contributed by atoms with E-state index in [1.165, 1.54) is 18.2 Å². The Balaban J connectivity index is 2.29. The number of carbonyl (C=O) groups excluding carboxylic acids is 3. The Labute approximate surface area is 218 Å². The molecule has 198 valence electrons.